The molecule has 3 N–H and O–H groups in total. The Balaban J connectivity index is 2.36. The molecule has 0 unspecified atom stereocenters. The van der Waals surface area contributed by atoms with E-state index in [1.165, 1.54) is 32.4 Å². The van der Waals surface area contributed by atoms with Crippen molar-refractivity contribution in [1.82, 2.24) is 9.55 Å². The third-order valence-corrected chi connectivity index (χ3v) is 3.97. The number of rotatable bonds is 4. The Morgan fingerprint density at radius 2 is 1.88 bits per heavy atom. The molecular formula is C16H14ClFN4O3. The lowest BCUT2D eigenvalue weighted by atomic mass is 10.2. The lowest BCUT2D eigenvalue weighted by Gasteiger charge is -2.14. The van der Waals surface area contributed by atoms with Crippen LogP contribution in [0.15, 0.2) is 35.1 Å². The van der Waals surface area contributed by atoms with Gasteiger partial charge in [-0.2, -0.15) is 0 Å². The number of hydrogen-bond acceptors (Lipinski definition) is 6. The summed E-state index contributed by atoms with van der Waals surface area (Å²) in [5.74, 6) is 5.65. The van der Waals surface area contributed by atoms with E-state index in [-0.39, 0.29) is 22.0 Å². The second kappa shape index (κ2) is 6.58. The molecule has 7 nitrogen and oxygen atoms in total. The number of halogens is 2. The standard InChI is InChI=1S/C16H14ClFN4O3/c1-24-13-6-9-12(7-14(13)25-2)20-16(21-19)22(15(9)23)8-3-4-10(17)11(18)5-8/h3-7H,19H2,1-2H3,(H,20,21). The van der Waals surface area contributed by atoms with E-state index in [1.54, 1.807) is 6.07 Å². The van der Waals surface area contributed by atoms with Crippen LogP contribution in [0.2, 0.25) is 5.02 Å². The van der Waals surface area contributed by atoms with Gasteiger partial charge in [-0.1, -0.05) is 11.6 Å². The van der Waals surface area contributed by atoms with Crippen molar-refractivity contribution in [3.8, 4) is 17.2 Å². The number of nitrogen functional groups attached to an aromatic ring is 1. The van der Waals surface area contributed by atoms with Gasteiger partial charge < -0.3 is 9.47 Å². The topological polar surface area (TPSA) is 91.4 Å². The number of methoxy groups -OCH3 is 2. The van der Waals surface area contributed by atoms with Crippen LogP contribution in [0.3, 0.4) is 0 Å². The number of aromatic nitrogens is 2. The van der Waals surface area contributed by atoms with E-state index >= 15 is 0 Å². The van der Waals surface area contributed by atoms with E-state index in [2.05, 4.69) is 10.4 Å². The summed E-state index contributed by atoms with van der Waals surface area (Å²) < 4.78 is 25.4. The largest absolute Gasteiger partial charge is 0.493 e. The van der Waals surface area contributed by atoms with Crippen LogP contribution in [0.4, 0.5) is 10.3 Å². The van der Waals surface area contributed by atoms with Crippen LogP contribution >= 0.6 is 11.6 Å². The van der Waals surface area contributed by atoms with Crippen LogP contribution in [0.1, 0.15) is 0 Å². The second-order valence-electron chi connectivity index (χ2n) is 5.04. The fraction of sp³-hybridized carbons (Fsp3) is 0.125. The zero-order valence-electron chi connectivity index (χ0n) is 13.3. The summed E-state index contributed by atoms with van der Waals surface area (Å²) >= 11 is 5.70. The summed E-state index contributed by atoms with van der Waals surface area (Å²) in [5, 5.41) is 0.200. The second-order valence-corrected chi connectivity index (χ2v) is 5.45. The Kier molecular flexibility index (Phi) is 4.47. The zero-order valence-corrected chi connectivity index (χ0v) is 14.1. The van der Waals surface area contributed by atoms with E-state index in [1.807, 2.05) is 0 Å². The molecule has 0 aliphatic heterocycles. The maximum atomic E-state index is 13.8. The number of anilines is 1. The molecule has 0 amide bonds. The van der Waals surface area contributed by atoms with Crippen LogP contribution in [-0.2, 0) is 0 Å². The number of nitrogens with one attached hydrogen (secondary N) is 1. The van der Waals surface area contributed by atoms with Gasteiger partial charge in [-0.25, -0.2) is 19.8 Å². The van der Waals surface area contributed by atoms with Crippen molar-refractivity contribution >= 4 is 28.5 Å². The van der Waals surface area contributed by atoms with Crippen LogP contribution in [0, 0.1) is 5.82 Å². The molecule has 25 heavy (non-hydrogen) atoms. The summed E-state index contributed by atoms with van der Waals surface area (Å²) in [5.41, 5.74) is 2.47. The summed E-state index contributed by atoms with van der Waals surface area (Å²) in [6.45, 7) is 0. The number of hydrogen-bond donors (Lipinski definition) is 2. The molecule has 0 saturated carbocycles. The number of nitrogens with zero attached hydrogens (tertiary/aromatic N) is 2. The van der Waals surface area contributed by atoms with Gasteiger partial charge in [-0.05, 0) is 24.3 Å². The summed E-state index contributed by atoms with van der Waals surface area (Å²) in [6, 6.07) is 7.02. The lowest BCUT2D eigenvalue weighted by Crippen LogP contribution is -2.26. The minimum absolute atomic E-state index is 0.0337. The van der Waals surface area contributed by atoms with Gasteiger partial charge in [-0.15, -0.1) is 0 Å². The van der Waals surface area contributed by atoms with Crippen molar-refractivity contribution < 1.29 is 13.9 Å². The molecule has 0 aliphatic carbocycles. The van der Waals surface area contributed by atoms with Gasteiger partial charge in [0.1, 0.15) is 5.82 Å². The van der Waals surface area contributed by atoms with Gasteiger partial charge in [-0.3, -0.25) is 10.2 Å². The molecule has 0 atom stereocenters. The number of benzene rings is 2. The Morgan fingerprint density at radius 1 is 1.20 bits per heavy atom. The molecule has 1 heterocycles. The van der Waals surface area contributed by atoms with E-state index in [9.17, 15) is 9.18 Å². The summed E-state index contributed by atoms with van der Waals surface area (Å²) in [4.78, 5) is 17.3. The zero-order chi connectivity index (χ0) is 18.1. The van der Waals surface area contributed by atoms with E-state index in [0.29, 0.717) is 17.0 Å². The average molecular weight is 365 g/mol. The first kappa shape index (κ1) is 17.0. The minimum atomic E-state index is -0.665. The van der Waals surface area contributed by atoms with Crippen LogP contribution in [-0.4, -0.2) is 23.8 Å². The normalized spacial score (nSPS) is 10.8. The fourth-order valence-electron chi connectivity index (χ4n) is 2.47. The fourth-order valence-corrected chi connectivity index (χ4v) is 2.59. The molecule has 1 aromatic heterocycles. The first-order chi connectivity index (χ1) is 12.0. The van der Waals surface area contributed by atoms with Crippen LogP contribution in [0.5, 0.6) is 11.5 Å². The number of hydrazine groups is 1. The first-order valence-corrected chi connectivity index (χ1v) is 7.48. The molecule has 2 aromatic carbocycles. The highest BCUT2D eigenvalue weighted by Gasteiger charge is 2.16. The molecule has 0 aliphatic rings. The molecule has 0 bridgehead atoms. The van der Waals surface area contributed by atoms with Gasteiger partial charge in [0, 0.05) is 6.07 Å². The Labute approximate surface area is 146 Å². The van der Waals surface area contributed by atoms with Gasteiger partial charge in [0.25, 0.3) is 5.56 Å². The predicted octanol–water partition coefficient (Wildman–Crippen LogP) is 2.48. The van der Waals surface area contributed by atoms with E-state index < -0.39 is 11.4 Å². The average Bonchev–Trinajstić information content (AvgIpc) is 2.62. The quantitative estimate of drug-likeness (QED) is 0.546. The lowest BCUT2D eigenvalue weighted by molar-refractivity contribution is 0.355. The molecule has 9 heteroatoms. The summed E-state index contributed by atoms with van der Waals surface area (Å²) in [6.07, 6.45) is 0. The SMILES string of the molecule is COc1cc2nc(NN)n(-c3ccc(Cl)c(F)c3)c(=O)c2cc1OC. The first-order valence-electron chi connectivity index (χ1n) is 7.11. The van der Waals surface area contributed by atoms with Crippen molar-refractivity contribution in [3.05, 3.63) is 51.5 Å². The highest BCUT2D eigenvalue weighted by atomic mass is 35.5. The van der Waals surface area contributed by atoms with Crippen molar-refractivity contribution in [2.24, 2.45) is 5.84 Å². The monoisotopic (exact) mass is 364 g/mol. The third kappa shape index (κ3) is 2.86. The van der Waals surface area contributed by atoms with Gasteiger partial charge in [0.05, 0.1) is 35.8 Å². The molecule has 3 aromatic rings. The Hall–Kier alpha value is -2.84. The van der Waals surface area contributed by atoms with E-state index in [0.717, 1.165) is 10.6 Å². The highest BCUT2D eigenvalue weighted by Crippen LogP contribution is 2.31. The molecule has 0 radical (unpaired) electrons. The summed E-state index contributed by atoms with van der Waals surface area (Å²) in [7, 11) is 2.93. The number of fused-ring (bicyclic) bond motifs is 1. The van der Waals surface area contributed by atoms with Crippen LogP contribution < -0.4 is 26.3 Å². The number of nitrogens with two attached hydrogens (primary N) is 1. The molecule has 3 rings (SSSR count). The van der Waals surface area contributed by atoms with Crippen molar-refractivity contribution in [1.29, 1.82) is 0 Å². The maximum absolute atomic E-state index is 13.8. The third-order valence-electron chi connectivity index (χ3n) is 3.66. The maximum Gasteiger partial charge on any atom is 0.267 e. The van der Waals surface area contributed by atoms with Gasteiger partial charge in [0.2, 0.25) is 5.95 Å². The minimum Gasteiger partial charge on any atom is -0.493 e. The highest BCUT2D eigenvalue weighted by molar-refractivity contribution is 6.30. The molecule has 0 saturated heterocycles. The smallest absolute Gasteiger partial charge is 0.267 e. The van der Waals surface area contributed by atoms with E-state index in [4.69, 9.17) is 26.9 Å². The van der Waals surface area contributed by atoms with Gasteiger partial charge >= 0.3 is 0 Å². The van der Waals surface area contributed by atoms with Crippen LogP contribution in [0.25, 0.3) is 16.6 Å². The number of ether oxygens (including phenoxy) is 2. The van der Waals surface area contributed by atoms with Crippen molar-refractivity contribution in [2.45, 2.75) is 0 Å². The molecular weight excluding hydrogens is 351 g/mol. The molecule has 0 fully saturated rings. The Morgan fingerprint density at radius 3 is 2.48 bits per heavy atom. The van der Waals surface area contributed by atoms with Crippen molar-refractivity contribution in [2.75, 3.05) is 19.6 Å². The predicted molar refractivity (Wildman–Crippen MR) is 93.2 cm³/mol. The molecule has 0 spiro atoms. The van der Waals surface area contributed by atoms with Crippen molar-refractivity contribution in [3.63, 3.8) is 0 Å². The van der Waals surface area contributed by atoms with Gasteiger partial charge in [0.15, 0.2) is 11.5 Å². The Bertz CT molecular complexity index is 1020. The molecule has 130 valence electrons.